The van der Waals surface area contributed by atoms with Gasteiger partial charge in [-0.1, -0.05) is 13.8 Å². The van der Waals surface area contributed by atoms with Crippen LogP contribution in [0.1, 0.15) is 26.7 Å². The van der Waals surface area contributed by atoms with Crippen molar-refractivity contribution in [3.8, 4) is 0 Å². The number of nitrogens with two attached hydrogens (primary N) is 1. The van der Waals surface area contributed by atoms with E-state index >= 15 is 0 Å². The fourth-order valence-electron chi connectivity index (χ4n) is 2.86. The number of hydrogen-bond acceptors (Lipinski definition) is 5. The molecule has 1 aliphatic heterocycles. The Morgan fingerprint density at radius 1 is 1.10 bits per heavy atom. The molecule has 5 nitrogen and oxygen atoms in total. The van der Waals surface area contributed by atoms with Gasteiger partial charge in [0.2, 0.25) is 5.95 Å². The molecule has 5 heteroatoms. The summed E-state index contributed by atoms with van der Waals surface area (Å²) in [5.74, 6) is 0.850. The Labute approximate surface area is 122 Å². The molecule has 20 heavy (non-hydrogen) atoms. The lowest BCUT2D eigenvalue weighted by Crippen LogP contribution is -2.51. The molecule has 0 spiro atoms. The zero-order chi connectivity index (χ0) is 14.4. The van der Waals surface area contributed by atoms with Gasteiger partial charge in [-0.25, -0.2) is 9.97 Å². The van der Waals surface area contributed by atoms with Crippen molar-refractivity contribution in [3.05, 3.63) is 18.5 Å². The Hall–Kier alpha value is -1.20. The van der Waals surface area contributed by atoms with Crippen molar-refractivity contribution in [1.82, 2.24) is 14.9 Å². The Morgan fingerprint density at radius 2 is 1.70 bits per heavy atom. The van der Waals surface area contributed by atoms with E-state index in [4.69, 9.17) is 5.73 Å². The van der Waals surface area contributed by atoms with Crippen LogP contribution in [0, 0.1) is 5.41 Å². The monoisotopic (exact) mass is 277 g/mol. The average molecular weight is 277 g/mol. The summed E-state index contributed by atoms with van der Waals surface area (Å²) in [5.41, 5.74) is 6.29. The van der Waals surface area contributed by atoms with E-state index in [0.717, 1.165) is 58.1 Å². The van der Waals surface area contributed by atoms with Crippen molar-refractivity contribution >= 4 is 5.95 Å². The highest BCUT2D eigenvalue weighted by molar-refractivity contribution is 5.29. The van der Waals surface area contributed by atoms with Crippen LogP contribution >= 0.6 is 0 Å². The summed E-state index contributed by atoms with van der Waals surface area (Å²) < 4.78 is 0. The second-order valence-corrected chi connectivity index (χ2v) is 5.72. The molecule has 0 atom stereocenters. The highest BCUT2D eigenvalue weighted by atomic mass is 15.3. The van der Waals surface area contributed by atoms with E-state index in [-0.39, 0.29) is 5.41 Å². The minimum Gasteiger partial charge on any atom is -0.338 e. The smallest absolute Gasteiger partial charge is 0.225 e. The number of rotatable bonds is 6. The zero-order valence-corrected chi connectivity index (χ0v) is 12.8. The maximum Gasteiger partial charge on any atom is 0.225 e. The SMILES string of the molecule is CCC(CC)(CN)CN1CCN(c2ncccn2)CC1. The summed E-state index contributed by atoms with van der Waals surface area (Å²) in [4.78, 5) is 13.5. The molecule has 0 unspecified atom stereocenters. The van der Waals surface area contributed by atoms with Gasteiger partial charge in [-0.2, -0.15) is 0 Å². The average Bonchev–Trinajstić information content (AvgIpc) is 2.54. The van der Waals surface area contributed by atoms with Crippen LogP contribution in [0.15, 0.2) is 18.5 Å². The first-order valence-electron chi connectivity index (χ1n) is 7.67. The quantitative estimate of drug-likeness (QED) is 0.851. The summed E-state index contributed by atoms with van der Waals surface area (Å²) >= 11 is 0. The molecule has 2 heterocycles. The lowest BCUT2D eigenvalue weighted by Gasteiger charge is -2.40. The molecule has 1 aliphatic rings. The molecule has 0 aromatic carbocycles. The van der Waals surface area contributed by atoms with Gasteiger partial charge in [-0.05, 0) is 30.9 Å². The van der Waals surface area contributed by atoms with Crippen molar-refractivity contribution < 1.29 is 0 Å². The Kier molecular flexibility index (Phi) is 5.31. The maximum absolute atomic E-state index is 6.01. The predicted molar refractivity (Wildman–Crippen MR) is 82.8 cm³/mol. The summed E-state index contributed by atoms with van der Waals surface area (Å²) in [6.07, 6.45) is 5.93. The molecule has 0 saturated carbocycles. The Morgan fingerprint density at radius 3 is 2.20 bits per heavy atom. The van der Waals surface area contributed by atoms with Crippen LogP contribution in [-0.2, 0) is 0 Å². The van der Waals surface area contributed by atoms with Crippen LogP contribution in [0.25, 0.3) is 0 Å². The van der Waals surface area contributed by atoms with Crippen LogP contribution in [0.2, 0.25) is 0 Å². The van der Waals surface area contributed by atoms with Crippen LogP contribution < -0.4 is 10.6 Å². The highest BCUT2D eigenvalue weighted by Crippen LogP contribution is 2.26. The summed E-state index contributed by atoms with van der Waals surface area (Å²) in [5, 5.41) is 0. The van der Waals surface area contributed by atoms with Crippen molar-refractivity contribution in [2.24, 2.45) is 11.1 Å². The molecule has 1 fully saturated rings. The number of anilines is 1. The minimum atomic E-state index is 0.283. The summed E-state index contributed by atoms with van der Waals surface area (Å²) in [6, 6.07) is 1.86. The van der Waals surface area contributed by atoms with Gasteiger partial charge >= 0.3 is 0 Å². The van der Waals surface area contributed by atoms with Crippen molar-refractivity contribution in [3.63, 3.8) is 0 Å². The fraction of sp³-hybridized carbons (Fsp3) is 0.733. The molecule has 0 radical (unpaired) electrons. The van der Waals surface area contributed by atoms with Crippen molar-refractivity contribution in [1.29, 1.82) is 0 Å². The van der Waals surface area contributed by atoms with Gasteiger partial charge in [-0.15, -0.1) is 0 Å². The third-order valence-corrected chi connectivity index (χ3v) is 4.70. The van der Waals surface area contributed by atoms with Gasteiger partial charge in [0, 0.05) is 45.1 Å². The molecule has 1 saturated heterocycles. The van der Waals surface area contributed by atoms with E-state index in [1.54, 1.807) is 0 Å². The number of nitrogens with zero attached hydrogens (tertiary/aromatic N) is 4. The molecule has 112 valence electrons. The number of piperazine rings is 1. The first-order chi connectivity index (χ1) is 9.73. The van der Waals surface area contributed by atoms with E-state index in [1.807, 2.05) is 18.5 Å². The molecule has 1 aromatic rings. The lowest BCUT2D eigenvalue weighted by molar-refractivity contribution is 0.137. The molecule has 0 aliphatic carbocycles. The zero-order valence-electron chi connectivity index (χ0n) is 12.8. The van der Waals surface area contributed by atoms with Gasteiger partial charge in [0.1, 0.15) is 0 Å². The van der Waals surface area contributed by atoms with E-state index in [9.17, 15) is 0 Å². The molecule has 0 bridgehead atoms. The number of aromatic nitrogens is 2. The molecular formula is C15H27N5. The van der Waals surface area contributed by atoms with Crippen molar-refractivity contribution in [2.75, 3.05) is 44.2 Å². The third-order valence-electron chi connectivity index (χ3n) is 4.70. The standard InChI is InChI=1S/C15H27N5/c1-3-15(4-2,12-16)13-19-8-10-20(11-9-19)14-17-6-5-7-18-14/h5-7H,3-4,8-13,16H2,1-2H3. The molecular weight excluding hydrogens is 250 g/mol. The molecule has 1 aromatic heterocycles. The molecule has 2 N–H and O–H groups in total. The molecule has 0 amide bonds. The van der Waals surface area contributed by atoms with Gasteiger partial charge < -0.3 is 10.6 Å². The molecule has 2 rings (SSSR count). The minimum absolute atomic E-state index is 0.283. The Balaban J connectivity index is 1.88. The normalized spacial score (nSPS) is 17.4. The summed E-state index contributed by atoms with van der Waals surface area (Å²) in [6.45, 7) is 10.5. The number of hydrogen-bond donors (Lipinski definition) is 1. The summed E-state index contributed by atoms with van der Waals surface area (Å²) in [7, 11) is 0. The van der Waals surface area contributed by atoms with Gasteiger partial charge in [0.25, 0.3) is 0 Å². The highest BCUT2D eigenvalue weighted by Gasteiger charge is 2.29. The first kappa shape index (κ1) is 15.2. The fourth-order valence-corrected chi connectivity index (χ4v) is 2.86. The van der Waals surface area contributed by atoms with E-state index in [0.29, 0.717) is 0 Å². The second kappa shape index (κ2) is 6.99. The lowest BCUT2D eigenvalue weighted by atomic mass is 9.82. The van der Waals surface area contributed by atoms with Crippen LogP contribution in [0.4, 0.5) is 5.95 Å². The van der Waals surface area contributed by atoms with E-state index in [1.165, 1.54) is 0 Å². The van der Waals surface area contributed by atoms with Gasteiger partial charge in [0.15, 0.2) is 0 Å². The first-order valence-corrected chi connectivity index (χ1v) is 7.67. The van der Waals surface area contributed by atoms with E-state index < -0.39 is 0 Å². The maximum atomic E-state index is 6.01. The van der Waals surface area contributed by atoms with Crippen molar-refractivity contribution in [2.45, 2.75) is 26.7 Å². The largest absolute Gasteiger partial charge is 0.338 e. The van der Waals surface area contributed by atoms with Crippen LogP contribution in [-0.4, -0.2) is 54.1 Å². The van der Waals surface area contributed by atoms with Crippen LogP contribution in [0.3, 0.4) is 0 Å². The Bertz CT molecular complexity index is 374. The predicted octanol–water partition coefficient (Wildman–Crippen LogP) is 1.36. The van der Waals surface area contributed by atoms with Crippen LogP contribution in [0.5, 0.6) is 0 Å². The van der Waals surface area contributed by atoms with Gasteiger partial charge in [0.05, 0.1) is 0 Å². The van der Waals surface area contributed by atoms with Gasteiger partial charge in [-0.3, -0.25) is 4.90 Å². The van der Waals surface area contributed by atoms with E-state index in [2.05, 4.69) is 33.6 Å². The second-order valence-electron chi connectivity index (χ2n) is 5.72. The third kappa shape index (κ3) is 3.46. The topological polar surface area (TPSA) is 58.3 Å².